The summed E-state index contributed by atoms with van der Waals surface area (Å²) in [6.07, 6.45) is 2.03. The Morgan fingerprint density at radius 3 is 2.87 bits per heavy atom. The van der Waals surface area contributed by atoms with Crippen molar-refractivity contribution in [1.82, 2.24) is 4.90 Å². The van der Waals surface area contributed by atoms with Crippen LogP contribution in [-0.2, 0) is 4.74 Å². The molecule has 0 aliphatic carbocycles. The number of thioether (sulfide) groups is 1. The van der Waals surface area contributed by atoms with Gasteiger partial charge in [0, 0.05) is 49.4 Å². The van der Waals surface area contributed by atoms with E-state index in [4.69, 9.17) is 10.5 Å². The van der Waals surface area contributed by atoms with Crippen molar-refractivity contribution in [2.75, 3.05) is 37.8 Å². The topological polar surface area (TPSA) is 38.5 Å². The molecule has 0 saturated carbocycles. The van der Waals surface area contributed by atoms with Crippen LogP contribution in [0, 0.1) is 0 Å². The third kappa shape index (κ3) is 3.09. The predicted molar refractivity (Wildman–Crippen MR) is 65.3 cm³/mol. The summed E-state index contributed by atoms with van der Waals surface area (Å²) in [4.78, 5) is 2.56. The lowest BCUT2D eigenvalue weighted by atomic mass is 9.90. The quantitative estimate of drug-likeness (QED) is 0.766. The highest BCUT2D eigenvalue weighted by Crippen LogP contribution is 2.23. The van der Waals surface area contributed by atoms with E-state index in [0.29, 0.717) is 6.04 Å². The molecule has 0 aromatic heterocycles. The normalized spacial score (nSPS) is 32.8. The predicted octanol–water partition coefficient (Wildman–Crippen LogP) is 0.932. The number of nitrogens with two attached hydrogens (primary N) is 1. The van der Waals surface area contributed by atoms with Gasteiger partial charge < -0.3 is 10.5 Å². The Balaban J connectivity index is 1.88. The molecule has 2 heterocycles. The van der Waals surface area contributed by atoms with E-state index in [1.54, 1.807) is 0 Å². The maximum absolute atomic E-state index is 6.42. The molecule has 15 heavy (non-hydrogen) atoms. The molecule has 4 heteroatoms. The minimum atomic E-state index is 0.00845. The Kier molecular flexibility index (Phi) is 3.93. The number of nitrogens with zero attached hydrogens (tertiary/aromatic N) is 1. The minimum absolute atomic E-state index is 0.00845. The Morgan fingerprint density at radius 1 is 1.47 bits per heavy atom. The van der Waals surface area contributed by atoms with Gasteiger partial charge in [-0.25, -0.2) is 0 Å². The van der Waals surface area contributed by atoms with Crippen molar-refractivity contribution in [3.63, 3.8) is 0 Å². The highest BCUT2D eigenvalue weighted by molar-refractivity contribution is 7.99. The summed E-state index contributed by atoms with van der Waals surface area (Å²) in [6.45, 7) is 6.25. The standard InChI is InChI=1S/C11H22N2OS/c1-10-8-15-7-4-13(10)9-11(12)2-5-14-6-3-11/h10H,2-9,12H2,1H3. The highest BCUT2D eigenvalue weighted by Gasteiger charge is 2.32. The van der Waals surface area contributed by atoms with Gasteiger partial charge >= 0.3 is 0 Å². The lowest BCUT2D eigenvalue weighted by molar-refractivity contribution is 0.0337. The van der Waals surface area contributed by atoms with E-state index < -0.39 is 0 Å². The van der Waals surface area contributed by atoms with Gasteiger partial charge in [-0.1, -0.05) is 0 Å². The molecule has 88 valence electrons. The zero-order valence-electron chi connectivity index (χ0n) is 9.58. The second-order valence-electron chi connectivity index (χ2n) is 4.87. The van der Waals surface area contributed by atoms with Gasteiger partial charge in [0.1, 0.15) is 0 Å². The first kappa shape index (κ1) is 11.7. The monoisotopic (exact) mass is 230 g/mol. The molecule has 0 aromatic rings. The third-order valence-corrected chi connectivity index (χ3v) is 4.70. The summed E-state index contributed by atoms with van der Waals surface area (Å²) in [7, 11) is 0. The van der Waals surface area contributed by atoms with Crippen LogP contribution in [0.15, 0.2) is 0 Å². The van der Waals surface area contributed by atoms with E-state index in [9.17, 15) is 0 Å². The summed E-state index contributed by atoms with van der Waals surface area (Å²) >= 11 is 2.06. The summed E-state index contributed by atoms with van der Waals surface area (Å²) in [5, 5.41) is 0. The molecular weight excluding hydrogens is 208 g/mol. The van der Waals surface area contributed by atoms with Crippen molar-refractivity contribution < 1.29 is 4.74 Å². The second-order valence-corrected chi connectivity index (χ2v) is 6.02. The molecule has 1 unspecified atom stereocenters. The Morgan fingerprint density at radius 2 is 2.20 bits per heavy atom. The smallest absolute Gasteiger partial charge is 0.0484 e. The first-order chi connectivity index (χ1) is 7.20. The number of ether oxygens (including phenoxy) is 1. The Labute approximate surface area is 96.7 Å². The van der Waals surface area contributed by atoms with Crippen LogP contribution in [0.25, 0.3) is 0 Å². The lowest BCUT2D eigenvalue weighted by Crippen LogP contribution is -2.56. The van der Waals surface area contributed by atoms with Crippen LogP contribution in [0.5, 0.6) is 0 Å². The molecule has 2 saturated heterocycles. The van der Waals surface area contributed by atoms with E-state index in [2.05, 4.69) is 23.6 Å². The van der Waals surface area contributed by atoms with Crippen molar-refractivity contribution in [3.8, 4) is 0 Å². The van der Waals surface area contributed by atoms with E-state index >= 15 is 0 Å². The van der Waals surface area contributed by atoms with Gasteiger partial charge in [0.2, 0.25) is 0 Å². The van der Waals surface area contributed by atoms with Crippen LogP contribution in [0.3, 0.4) is 0 Å². The minimum Gasteiger partial charge on any atom is -0.381 e. The van der Waals surface area contributed by atoms with Crippen molar-refractivity contribution in [1.29, 1.82) is 0 Å². The molecule has 0 amide bonds. The fourth-order valence-corrected chi connectivity index (χ4v) is 3.42. The van der Waals surface area contributed by atoms with Crippen molar-refractivity contribution in [2.45, 2.75) is 31.3 Å². The summed E-state index contributed by atoms with van der Waals surface area (Å²) in [6, 6.07) is 0.687. The number of hydrogen-bond donors (Lipinski definition) is 1. The van der Waals surface area contributed by atoms with Crippen molar-refractivity contribution in [2.24, 2.45) is 5.73 Å². The van der Waals surface area contributed by atoms with Crippen LogP contribution in [0.1, 0.15) is 19.8 Å². The van der Waals surface area contributed by atoms with E-state index in [-0.39, 0.29) is 5.54 Å². The largest absolute Gasteiger partial charge is 0.381 e. The molecule has 2 N–H and O–H groups in total. The molecule has 1 atom stereocenters. The SMILES string of the molecule is CC1CSCCN1CC1(N)CCOCC1. The molecule has 0 radical (unpaired) electrons. The van der Waals surface area contributed by atoms with Gasteiger partial charge in [-0.05, 0) is 19.8 Å². The van der Waals surface area contributed by atoms with E-state index in [0.717, 1.165) is 32.6 Å². The van der Waals surface area contributed by atoms with Gasteiger partial charge in [0.15, 0.2) is 0 Å². The molecule has 2 fully saturated rings. The van der Waals surface area contributed by atoms with Gasteiger partial charge in [0.05, 0.1) is 0 Å². The highest BCUT2D eigenvalue weighted by atomic mass is 32.2. The maximum Gasteiger partial charge on any atom is 0.0484 e. The van der Waals surface area contributed by atoms with Gasteiger partial charge in [-0.2, -0.15) is 11.8 Å². The van der Waals surface area contributed by atoms with Gasteiger partial charge in [-0.15, -0.1) is 0 Å². The van der Waals surface area contributed by atoms with E-state index in [1.165, 1.54) is 18.1 Å². The molecular formula is C11H22N2OS. The van der Waals surface area contributed by atoms with Crippen LogP contribution >= 0.6 is 11.8 Å². The molecule has 0 aromatic carbocycles. The van der Waals surface area contributed by atoms with Crippen molar-refractivity contribution in [3.05, 3.63) is 0 Å². The first-order valence-corrected chi connectivity index (χ1v) is 7.03. The number of hydrogen-bond acceptors (Lipinski definition) is 4. The summed E-state index contributed by atoms with van der Waals surface area (Å²) in [5.74, 6) is 2.52. The fraction of sp³-hybridized carbons (Fsp3) is 1.00. The van der Waals surface area contributed by atoms with Crippen LogP contribution in [-0.4, -0.2) is 54.3 Å². The van der Waals surface area contributed by atoms with Crippen LogP contribution in [0.2, 0.25) is 0 Å². The molecule has 2 rings (SSSR count). The van der Waals surface area contributed by atoms with E-state index in [1.807, 2.05) is 0 Å². The van der Waals surface area contributed by atoms with Crippen LogP contribution in [0.4, 0.5) is 0 Å². The summed E-state index contributed by atoms with van der Waals surface area (Å²) < 4.78 is 5.38. The Bertz CT molecular complexity index is 207. The second kappa shape index (κ2) is 5.04. The van der Waals surface area contributed by atoms with Gasteiger partial charge in [-0.3, -0.25) is 4.90 Å². The molecule has 3 nitrogen and oxygen atoms in total. The molecule has 2 aliphatic rings. The lowest BCUT2D eigenvalue weighted by Gasteiger charge is -2.42. The fourth-order valence-electron chi connectivity index (χ4n) is 2.34. The first-order valence-electron chi connectivity index (χ1n) is 5.88. The number of rotatable bonds is 2. The molecule has 0 bridgehead atoms. The third-order valence-electron chi connectivity index (χ3n) is 3.51. The maximum atomic E-state index is 6.42. The molecule has 2 aliphatic heterocycles. The molecule has 0 spiro atoms. The van der Waals surface area contributed by atoms with Gasteiger partial charge in [0.25, 0.3) is 0 Å². The average Bonchev–Trinajstić information content (AvgIpc) is 2.22. The summed E-state index contributed by atoms with van der Waals surface area (Å²) in [5.41, 5.74) is 6.43. The van der Waals surface area contributed by atoms with Crippen molar-refractivity contribution >= 4 is 11.8 Å². The average molecular weight is 230 g/mol. The zero-order chi connectivity index (χ0) is 10.7. The zero-order valence-corrected chi connectivity index (χ0v) is 10.4. The Hall–Kier alpha value is 0.230. The van der Waals surface area contributed by atoms with Crippen LogP contribution < -0.4 is 5.73 Å².